The Morgan fingerprint density at radius 3 is 2.15 bits per heavy atom. The Bertz CT molecular complexity index is 255. The predicted octanol–water partition coefficient (Wildman–Crippen LogP) is 0.898. The number of likely N-dealkylation sites (tertiary alicyclic amines) is 1. The van der Waals surface area contributed by atoms with E-state index in [1.54, 1.807) is 0 Å². The molecule has 78 valence electrons. The van der Waals surface area contributed by atoms with Gasteiger partial charge in [0.05, 0.1) is 6.26 Å². The average Bonchev–Trinajstić information content (AvgIpc) is 2.03. The second-order valence-electron chi connectivity index (χ2n) is 3.66. The molecule has 1 fully saturated rings. The fourth-order valence-corrected chi connectivity index (χ4v) is 2.65. The summed E-state index contributed by atoms with van der Waals surface area (Å²) in [7, 11) is -3.32. The van der Waals surface area contributed by atoms with Gasteiger partial charge >= 0.3 is 10.1 Å². The minimum absolute atomic E-state index is 0.291. The number of piperidine rings is 1. The zero-order chi connectivity index (χ0) is 9.95. The van der Waals surface area contributed by atoms with Crippen LogP contribution >= 0.6 is 0 Å². The van der Waals surface area contributed by atoms with E-state index in [1.165, 1.54) is 6.42 Å². The third kappa shape index (κ3) is 3.25. The molecule has 1 rings (SSSR count). The molecule has 0 amide bonds. The molecule has 0 unspecified atom stereocenters. The molecule has 0 aromatic carbocycles. The lowest BCUT2D eigenvalue weighted by atomic mass is 10.1. The lowest BCUT2D eigenvalue weighted by molar-refractivity contribution is -1.08. The van der Waals surface area contributed by atoms with E-state index in [0.717, 1.165) is 38.7 Å². The van der Waals surface area contributed by atoms with Gasteiger partial charge in [0.25, 0.3) is 0 Å². The Kier molecular flexibility index (Phi) is 3.32. The molecule has 0 atom stereocenters. The van der Waals surface area contributed by atoms with Gasteiger partial charge in [-0.1, -0.05) is 4.28 Å². The van der Waals surface area contributed by atoms with Crippen molar-refractivity contribution < 1.29 is 17.3 Å². The zero-order valence-electron chi connectivity index (χ0n) is 8.32. The van der Waals surface area contributed by atoms with Gasteiger partial charge in [0.1, 0.15) is 19.6 Å². The Balaban J connectivity index is 2.68. The highest BCUT2D eigenvalue weighted by Gasteiger charge is 2.34. The first kappa shape index (κ1) is 10.9. The molecule has 1 heterocycles. The molecular weight excluding hydrogens is 190 g/mol. The monoisotopic (exact) mass is 208 g/mol. The Hall–Kier alpha value is -0.130. The summed E-state index contributed by atoms with van der Waals surface area (Å²) < 4.78 is 27.5. The number of hydroxylamine groups is 3. The maximum atomic E-state index is 11.0. The van der Waals surface area contributed by atoms with Crippen molar-refractivity contribution in [1.29, 1.82) is 0 Å². The molecule has 0 bridgehead atoms. The molecule has 4 nitrogen and oxygen atoms in total. The standard InChI is InChI=1S/C8H18NO3S/c1-3-9(12-13(2,10)11)7-5-4-6-8-9/h3-8H2,1-2H3/q+1. The van der Waals surface area contributed by atoms with Crippen LogP contribution in [0.5, 0.6) is 0 Å². The van der Waals surface area contributed by atoms with Crippen molar-refractivity contribution in [2.75, 3.05) is 25.9 Å². The topological polar surface area (TPSA) is 43.4 Å². The van der Waals surface area contributed by atoms with Crippen molar-refractivity contribution in [2.45, 2.75) is 26.2 Å². The highest BCUT2D eigenvalue weighted by Crippen LogP contribution is 2.20. The molecule has 0 radical (unpaired) electrons. The highest BCUT2D eigenvalue weighted by molar-refractivity contribution is 7.85. The smallest absolute Gasteiger partial charge is 0.195 e. The van der Waals surface area contributed by atoms with Crippen molar-refractivity contribution in [3.05, 3.63) is 0 Å². The SMILES string of the molecule is CC[N+]1(OS(C)(=O)=O)CCCCC1. The predicted molar refractivity (Wildman–Crippen MR) is 50.3 cm³/mol. The van der Waals surface area contributed by atoms with E-state index in [9.17, 15) is 8.42 Å². The van der Waals surface area contributed by atoms with Crippen LogP contribution in [0.1, 0.15) is 26.2 Å². The molecule has 0 spiro atoms. The molecule has 0 aromatic rings. The van der Waals surface area contributed by atoms with Gasteiger partial charge in [-0.05, 0) is 26.2 Å². The summed E-state index contributed by atoms with van der Waals surface area (Å²) in [5.74, 6) is 0. The van der Waals surface area contributed by atoms with Crippen molar-refractivity contribution in [3.8, 4) is 0 Å². The number of hydrogen-bond acceptors (Lipinski definition) is 3. The maximum absolute atomic E-state index is 11.0. The molecule has 0 saturated carbocycles. The van der Waals surface area contributed by atoms with E-state index in [-0.39, 0.29) is 0 Å². The van der Waals surface area contributed by atoms with E-state index >= 15 is 0 Å². The highest BCUT2D eigenvalue weighted by atomic mass is 32.2. The third-order valence-electron chi connectivity index (χ3n) is 2.50. The van der Waals surface area contributed by atoms with Crippen molar-refractivity contribution in [3.63, 3.8) is 0 Å². The Labute approximate surface area is 80.2 Å². The summed E-state index contributed by atoms with van der Waals surface area (Å²) in [6.07, 6.45) is 4.43. The number of quaternary nitrogens is 1. The van der Waals surface area contributed by atoms with Gasteiger partial charge in [-0.2, -0.15) is 13.1 Å². The second-order valence-corrected chi connectivity index (χ2v) is 5.22. The molecule has 0 aliphatic carbocycles. The van der Waals surface area contributed by atoms with Crippen LogP contribution < -0.4 is 0 Å². The Morgan fingerprint density at radius 1 is 1.23 bits per heavy atom. The van der Waals surface area contributed by atoms with E-state index in [4.69, 9.17) is 4.28 Å². The van der Waals surface area contributed by atoms with Crippen LogP contribution in [0.25, 0.3) is 0 Å². The largest absolute Gasteiger partial charge is 0.311 e. The van der Waals surface area contributed by atoms with Crippen LogP contribution in [0.15, 0.2) is 0 Å². The van der Waals surface area contributed by atoms with Crippen LogP contribution in [0.2, 0.25) is 0 Å². The molecule has 0 N–H and O–H groups in total. The van der Waals surface area contributed by atoms with Gasteiger partial charge in [-0.15, -0.1) is 0 Å². The van der Waals surface area contributed by atoms with E-state index in [1.807, 2.05) is 6.92 Å². The first-order valence-corrected chi connectivity index (χ1v) is 6.56. The number of nitrogens with zero attached hydrogens (tertiary/aromatic N) is 1. The van der Waals surface area contributed by atoms with Crippen LogP contribution in [0.4, 0.5) is 0 Å². The first-order chi connectivity index (χ1) is 5.97. The fraction of sp³-hybridized carbons (Fsp3) is 1.00. The summed E-state index contributed by atoms with van der Waals surface area (Å²) >= 11 is 0. The minimum Gasteiger partial charge on any atom is -0.195 e. The van der Waals surface area contributed by atoms with Crippen molar-refractivity contribution in [1.82, 2.24) is 0 Å². The first-order valence-electron chi connectivity index (χ1n) is 4.75. The van der Waals surface area contributed by atoms with Gasteiger partial charge < -0.3 is 0 Å². The molecule has 1 aliphatic heterocycles. The summed E-state index contributed by atoms with van der Waals surface area (Å²) in [5, 5.41) is 0. The lowest BCUT2D eigenvalue weighted by Gasteiger charge is -2.35. The van der Waals surface area contributed by atoms with Crippen molar-refractivity contribution in [2.24, 2.45) is 0 Å². The molecule has 0 aromatic heterocycles. The summed E-state index contributed by atoms with van der Waals surface area (Å²) in [5.41, 5.74) is 0. The number of hydrogen-bond donors (Lipinski definition) is 0. The zero-order valence-corrected chi connectivity index (χ0v) is 9.14. The van der Waals surface area contributed by atoms with Gasteiger partial charge in [0, 0.05) is 0 Å². The molecule has 1 saturated heterocycles. The average molecular weight is 208 g/mol. The minimum atomic E-state index is -3.32. The van der Waals surface area contributed by atoms with Gasteiger partial charge in [-0.3, -0.25) is 0 Å². The molecule has 5 heteroatoms. The summed E-state index contributed by atoms with van der Waals surface area (Å²) in [4.78, 5) is 0. The maximum Gasteiger partial charge on any atom is 0.311 e. The van der Waals surface area contributed by atoms with Gasteiger partial charge in [-0.25, -0.2) is 0 Å². The van der Waals surface area contributed by atoms with Gasteiger partial charge in [0.15, 0.2) is 0 Å². The van der Waals surface area contributed by atoms with Crippen LogP contribution in [-0.4, -0.2) is 39.0 Å². The number of rotatable bonds is 3. The van der Waals surface area contributed by atoms with E-state index in [2.05, 4.69) is 0 Å². The molecule has 1 aliphatic rings. The van der Waals surface area contributed by atoms with Gasteiger partial charge in [0.2, 0.25) is 0 Å². The van der Waals surface area contributed by atoms with Crippen LogP contribution in [0.3, 0.4) is 0 Å². The quantitative estimate of drug-likeness (QED) is 0.647. The van der Waals surface area contributed by atoms with E-state index in [0.29, 0.717) is 4.65 Å². The fourth-order valence-electron chi connectivity index (χ4n) is 1.82. The normalized spacial score (nSPS) is 22.9. The summed E-state index contributed by atoms with van der Waals surface area (Å²) in [6.45, 7) is 4.34. The lowest BCUT2D eigenvalue weighted by Crippen LogP contribution is -2.52. The second kappa shape index (κ2) is 3.94. The third-order valence-corrected chi connectivity index (χ3v) is 3.09. The van der Waals surface area contributed by atoms with Crippen molar-refractivity contribution >= 4 is 10.1 Å². The Morgan fingerprint density at radius 2 is 1.77 bits per heavy atom. The summed E-state index contributed by atoms with van der Waals surface area (Å²) in [6, 6.07) is 0. The molecule has 13 heavy (non-hydrogen) atoms. The molecular formula is C8H18NO3S+. The van der Waals surface area contributed by atoms with E-state index < -0.39 is 10.1 Å². The van der Waals surface area contributed by atoms with Crippen LogP contribution in [-0.2, 0) is 14.4 Å². The van der Waals surface area contributed by atoms with Crippen LogP contribution in [0, 0.1) is 0 Å².